The fraction of sp³-hybridized carbons (Fsp3) is 0.900. The summed E-state index contributed by atoms with van der Waals surface area (Å²) >= 11 is 2.04. The minimum Gasteiger partial charge on any atom is -0.481 e. The molecule has 20 heavy (non-hydrogen) atoms. The predicted octanol–water partition coefficient (Wildman–Crippen LogP) is 1.74. The average Bonchev–Trinajstić information content (AvgIpc) is 2.36. The van der Waals surface area contributed by atoms with Gasteiger partial charge in [0.05, 0.1) is 7.70 Å². The molecule has 0 aromatic heterocycles. The van der Waals surface area contributed by atoms with Crippen molar-refractivity contribution in [2.75, 3.05) is 19.6 Å². The van der Waals surface area contributed by atoms with Crippen molar-refractivity contribution in [3.63, 3.8) is 0 Å². The zero-order chi connectivity index (χ0) is 16.8. The maximum absolute atomic E-state index is 9.52. The van der Waals surface area contributed by atoms with Crippen LogP contribution in [-0.4, -0.2) is 37.5 Å². The van der Waals surface area contributed by atoms with Crippen LogP contribution in [0.2, 0.25) is 0 Å². The molecule has 129 valence electrons. The van der Waals surface area contributed by atoms with Crippen LogP contribution in [0.5, 0.6) is 0 Å². The Morgan fingerprint density at radius 2 is 1.85 bits per heavy atom. The van der Waals surface area contributed by atoms with Crippen LogP contribution in [0.3, 0.4) is 0 Å². The molecule has 0 aromatic carbocycles. The zero-order valence-corrected chi connectivity index (χ0v) is 16.7. The standard InChI is InChI=1S/C4H11N.C3H7NO2.C2H7N.CH4.H3IP2.H2O.V/c1-2-3-4-5;4-2-1-3(5)6;1-2-3;;1-3-2;;/h2-5H2,1H3;1-2,4H2,(H,5,6);2-3H2,1H3;1H4;3H,2H2;1H2;/i1T;;1T;;3D;;. The fourth-order valence-electron chi connectivity index (χ4n) is 0.268. The Kier molecular flexibility index (Phi) is 86.9. The van der Waals surface area contributed by atoms with Crippen molar-refractivity contribution in [1.29, 1.82) is 1.28 Å². The molecule has 0 spiro atoms. The minimum atomic E-state index is -0.836. The minimum absolute atomic E-state index is 0. The van der Waals surface area contributed by atoms with Crippen LogP contribution in [0.15, 0.2) is 0 Å². The number of unbranched alkanes of at least 4 members (excludes halogenated alkanes) is 1. The van der Waals surface area contributed by atoms with Crippen molar-refractivity contribution in [2.45, 2.75) is 40.5 Å². The summed E-state index contributed by atoms with van der Waals surface area (Å²) in [6.07, 6.45) is 2.03. The van der Waals surface area contributed by atoms with Gasteiger partial charge >= 0.3 is 5.97 Å². The molecule has 2 atom stereocenters. The first-order valence-electron chi connectivity index (χ1n) is 6.79. The quantitative estimate of drug-likeness (QED) is 0.270. The molecule has 6 nitrogen and oxygen atoms in total. The Bertz CT molecular complexity index is 179. The van der Waals surface area contributed by atoms with Gasteiger partial charge < -0.3 is 27.8 Å². The number of carbonyl (C=O) groups is 1. The van der Waals surface area contributed by atoms with E-state index in [1.54, 1.807) is 0 Å². The first-order valence-corrected chi connectivity index (χ1v) is 10.2. The Morgan fingerprint density at radius 1 is 1.45 bits per heavy atom. The van der Waals surface area contributed by atoms with Crippen LogP contribution >= 0.6 is 36.8 Å². The van der Waals surface area contributed by atoms with E-state index in [0.29, 0.717) is 20.3 Å². The van der Waals surface area contributed by atoms with Gasteiger partial charge in [0.2, 0.25) is 0 Å². The van der Waals surface area contributed by atoms with Gasteiger partial charge in [0.15, 0.2) is 0 Å². The van der Waals surface area contributed by atoms with Crippen molar-refractivity contribution in [1.82, 2.24) is 0 Å². The summed E-state index contributed by atoms with van der Waals surface area (Å²) in [4.78, 5) is 9.52. The first kappa shape index (κ1) is 29.5. The second-order valence-electron chi connectivity index (χ2n) is 2.31. The molecule has 0 aliphatic carbocycles. The van der Waals surface area contributed by atoms with E-state index < -0.39 is 11.8 Å². The van der Waals surface area contributed by atoms with Gasteiger partial charge in [-0.2, -0.15) is 0 Å². The molecule has 0 fully saturated rings. The molecule has 10 heteroatoms. The van der Waals surface area contributed by atoms with Gasteiger partial charge in [0.25, 0.3) is 0 Å². The van der Waals surface area contributed by atoms with E-state index in [-0.39, 0.29) is 44.4 Å². The maximum Gasteiger partial charge on any atom is 0.304 e. The number of halogens is 1. The van der Waals surface area contributed by atoms with Crippen LogP contribution in [0.1, 0.15) is 43.2 Å². The van der Waals surface area contributed by atoms with E-state index in [9.17, 15) is 4.79 Å². The topological polar surface area (TPSA) is 147 Å². The summed E-state index contributed by atoms with van der Waals surface area (Å²) in [5.41, 5.74) is 14.8. The van der Waals surface area contributed by atoms with E-state index in [4.69, 9.17) is 26.3 Å². The third kappa shape index (κ3) is 158. The van der Waals surface area contributed by atoms with Crippen molar-refractivity contribution in [3.8, 4) is 0 Å². The maximum atomic E-state index is 9.52. The van der Waals surface area contributed by atoms with Gasteiger partial charge in [-0.3, -0.25) is 4.79 Å². The van der Waals surface area contributed by atoms with Gasteiger partial charge in [0, 0.05) is 27.8 Å². The van der Waals surface area contributed by atoms with E-state index in [0.717, 1.165) is 19.4 Å². The Morgan fingerprint density at radius 3 is 1.90 bits per heavy atom. The fourth-order valence-corrected chi connectivity index (χ4v) is 0.268. The molecule has 0 aliphatic heterocycles. The summed E-state index contributed by atoms with van der Waals surface area (Å²) in [6.45, 7) is 2.32. The van der Waals surface area contributed by atoms with E-state index >= 15 is 0 Å². The Balaban J connectivity index is -0.0000000289. The SMILES string of the molecule is C.NCCC(=O)O.O.[2H]P(P)I.[3H]CCCCN.[3H]CCN.[V]. The molecule has 0 heterocycles. The van der Waals surface area contributed by atoms with Crippen LogP contribution in [0, 0.1) is 0 Å². The van der Waals surface area contributed by atoms with Gasteiger partial charge in [-0.05, 0) is 25.4 Å². The molecule has 0 saturated carbocycles. The molecule has 9 N–H and O–H groups in total. The van der Waals surface area contributed by atoms with E-state index in [2.05, 4.69) is 8.93 Å². The van der Waals surface area contributed by atoms with Gasteiger partial charge in [-0.25, -0.2) is 0 Å². The smallest absolute Gasteiger partial charge is 0.304 e. The molecule has 0 rings (SSSR count). The average molecular weight is 489 g/mol. The third-order valence-electron chi connectivity index (χ3n) is 0.812. The van der Waals surface area contributed by atoms with Gasteiger partial charge in [-0.1, -0.05) is 49.7 Å². The summed E-state index contributed by atoms with van der Waals surface area (Å²) in [5, 5.41) is 7.83. The molecule has 0 aliphatic rings. The molecule has 0 saturated heterocycles. The summed E-state index contributed by atoms with van der Waals surface area (Å²) in [5.74, 6) is -1.32. The van der Waals surface area contributed by atoms with Crippen LogP contribution in [0.4, 0.5) is 0 Å². The van der Waals surface area contributed by atoms with Crippen LogP contribution < -0.4 is 17.2 Å². The normalized spacial score (nSPS) is 9.95. The molecule has 0 amide bonds. The monoisotopic (exact) mass is 489 g/mol. The molecule has 0 bridgehead atoms. The van der Waals surface area contributed by atoms with Crippen molar-refractivity contribution in [3.05, 3.63) is 0 Å². The molecular formula is C10H34IN3O3P2V. The number of carboxylic acid groups (broad SMARTS) is 1. The number of hydrogen-bond acceptors (Lipinski definition) is 4. The third-order valence-corrected chi connectivity index (χ3v) is 0.812. The largest absolute Gasteiger partial charge is 0.481 e. The Labute approximate surface area is 157 Å². The second-order valence-corrected chi connectivity index (χ2v) is 8.11. The summed E-state index contributed by atoms with van der Waals surface area (Å²) in [6, 6.07) is 0. The first-order chi connectivity index (χ1) is 9.33. The predicted molar refractivity (Wildman–Crippen MR) is 102 cm³/mol. The van der Waals surface area contributed by atoms with Gasteiger partial charge in [0.1, 0.15) is 0 Å². The molecular weight excluding hydrogens is 450 g/mol. The van der Waals surface area contributed by atoms with E-state index in [1.165, 1.54) is 0 Å². The summed E-state index contributed by atoms with van der Waals surface area (Å²) in [7, 11) is 2.38. The van der Waals surface area contributed by atoms with Gasteiger partial charge in [-0.15, -0.1) is 8.93 Å². The number of nitrogens with two attached hydrogens (primary N) is 3. The second kappa shape index (κ2) is 59.0. The van der Waals surface area contributed by atoms with E-state index in [1.807, 2.05) is 22.0 Å². The molecule has 0 aromatic rings. The Hall–Kier alpha value is 1.48. The summed E-state index contributed by atoms with van der Waals surface area (Å²) < 4.78 is 19.6. The molecule has 1 radical (unpaired) electrons. The van der Waals surface area contributed by atoms with Crippen LogP contribution in [-0.2, 0) is 23.4 Å². The van der Waals surface area contributed by atoms with Crippen molar-refractivity contribution >= 4 is 42.8 Å². The van der Waals surface area contributed by atoms with Crippen molar-refractivity contribution < 1.29 is 36.7 Å². The number of carboxylic acids is 1. The zero-order valence-electron chi connectivity index (χ0n) is 14.1. The van der Waals surface area contributed by atoms with Crippen LogP contribution in [0.25, 0.3) is 0 Å². The number of hydrogen-bond donors (Lipinski definition) is 4. The molecule has 2 unspecified atom stereocenters. The van der Waals surface area contributed by atoms with Crippen molar-refractivity contribution in [2.24, 2.45) is 17.2 Å². The number of aliphatic carboxylic acids is 1. The number of rotatable bonds is 4.